The van der Waals surface area contributed by atoms with E-state index in [1.807, 2.05) is 0 Å². The summed E-state index contributed by atoms with van der Waals surface area (Å²) in [5.74, 6) is 0. The Hall–Kier alpha value is 1.45. The molecule has 0 atom stereocenters. The quantitative estimate of drug-likeness (QED) is 0.455. The molecule has 0 unspecified atom stereocenters. The van der Waals surface area contributed by atoms with Gasteiger partial charge in [0.05, 0.1) is 0 Å². The van der Waals surface area contributed by atoms with Gasteiger partial charge in [0.25, 0.3) is 0 Å². The van der Waals surface area contributed by atoms with Gasteiger partial charge in [-0.25, -0.2) is 0 Å². The third kappa shape index (κ3) is 18.4. The second kappa shape index (κ2) is 5.99. The molecule has 0 aromatic carbocycles. The molecule has 0 amide bonds. The summed E-state index contributed by atoms with van der Waals surface area (Å²) in [6.07, 6.45) is 0. The molecule has 11 heteroatoms. The van der Waals surface area contributed by atoms with Gasteiger partial charge >= 0.3 is 40.4 Å². The summed E-state index contributed by atoms with van der Waals surface area (Å²) in [4.78, 5) is 54.7. The van der Waals surface area contributed by atoms with Crippen LogP contribution in [0.2, 0.25) is 0 Å². The van der Waals surface area contributed by atoms with Crippen molar-refractivity contribution in [3.63, 3.8) is 0 Å². The summed E-state index contributed by atoms with van der Waals surface area (Å²) in [6.45, 7) is 0. The van der Waals surface area contributed by atoms with E-state index in [-0.39, 0.29) is 40.4 Å². The smallest absolute Gasteiger partial charge is 0.862 e. The zero-order valence-electron chi connectivity index (χ0n) is 5.18. The molecule has 0 saturated heterocycles. The SMILES string of the molecule is [Al+3].[Mg+2].[O-][Si]([O-])([O-])O[Si]([O-])([O-])O. The molecule has 7 nitrogen and oxygen atoms in total. The first-order chi connectivity index (χ1) is 3.71. The van der Waals surface area contributed by atoms with Crippen LogP contribution in [0.5, 0.6) is 0 Å². The average Bonchev–Trinajstić information content (AvgIpc) is 1.14. The van der Waals surface area contributed by atoms with Crippen LogP contribution in [0.15, 0.2) is 0 Å². The van der Waals surface area contributed by atoms with Crippen LogP contribution in [0.25, 0.3) is 0 Å². The van der Waals surface area contributed by atoms with E-state index in [1.165, 1.54) is 0 Å². The van der Waals surface area contributed by atoms with Crippen molar-refractivity contribution in [2.24, 2.45) is 0 Å². The predicted octanol–water partition coefficient (Wildman–Crippen LogP) is -8.09. The Morgan fingerprint density at radius 1 is 1.00 bits per heavy atom. The van der Waals surface area contributed by atoms with E-state index < -0.39 is 18.1 Å². The zero-order chi connectivity index (χ0) is 7.71. The molecular formula is HAlMgO7Si2. The van der Waals surface area contributed by atoms with Crippen LogP contribution in [0.4, 0.5) is 0 Å². The normalized spacial score (nSPS) is 11.5. The van der Waals surface area contributed by atoms with E-state index in [0.29, 0.717) is 0 Å². The van der Waals surface area contributed by atoms with Crippen LogP contribution in [-0.4, -0.2) is 63.3 Å². The Bertz CT molecular complexity index is 81.6. The van der Waals surface area contributed by atoms with E-state index in [9.17, 15) is 24.0 Å². The minimum absolute atomic E-state index is 0. The van der Waals surface area contributed by atoms with Crippen LogP contribution < -0.4 is 24.0 Å². The van der Waals surface area contributed by atoms with Crippen LogP contribution in [-0.2, 0) is 4.12 Å². The molecule has 0 bridgehead atoms. The third-order valence-electron chi connectivity index (χ3n) is 0.254. The third-order valence-corrected chi connectivity index (χ3v) is 2.29. The van der Waals surface area contributed by atoms with Crippen molar-refractivity contribution in [3.8, 4) is 0 Å². The first kappa shape index (κ1) is 18.3. The van der Waals surface area contributed by atoms with E-state index >= 15 is 0 Å². The molecule has 0 fully saturated rings. The van der Waals surface area contributed by atoms with Gasteiger partial charge in [-0.2, -0.15) is 0 Å². The van der Waals surface area contributed by atoms with Gasteiger partial charge in [-0.1, -0.05) is 0 Å². The Kier molecular flexibility index (Phi) is 9.95. The molecule has 0 aromatic rings. The summed E-state index contributed by atoms with van der Waals surface area (Å²) in [5.41, 5.74) is 0. The molecule has 11 heavy (non-hydrogen) atoms. The van der Waals surface area contributed by atoms with Crippen molar-refractivity contribution >= 4 is 58.5 Å². The average molecular weight is 220 g/mol. The summed E-state index contributed by atoms with van der Waals surface area (Å²) >= 11 is 0. The first-order valence-electron chi connectivity index (χ1n) is 1.65. The molecule has 0 radical (unpaired) electrons. The number of hydrogen-bond acceptors (Lipinski definition) is 7. The molecule has 56 valence electrons. The van der Waals surface area contributed by atoms with Gasteiger partial charge in [-0.15, -0.1) is 9.05 Å². The molecule has 0 aliphatic heterocycles. The van der Waals surface area contributed by atoms with E-state index in [1.54, 1.807) is 0 Å². The minimum atomic E-state index is -5.86. The summed E-state index contributed by atoms with van der Waals surface area (Å²) in [6, 6.07) is 0. The molecule has 0 aliphatic carbocycles. The van der Waals surface area contributed by atoms with Crippen molar-refractivity contribution in [2.75, 3.05) is 0 Å². The van der Waals surface area contributed by atoms with Crippen LogP contribution in [0.3, 0.4) is 0 Å². The Morgan fingerprint density at radius 3 is 1.27 bits per heavy atom. The molecule has 0 saturated carbocycles. The van der Waals surface area contributed by atoms with E-state index in [4.69, 9.17) is 4.80 Å². The Morgan fingerprint density at radius 2 is 1.27 bits per heavy atom. The molecule has 0 rings (SSSR count). The van der Waals surface area contributed by atoms with Gasteiger partial charge in [0.15, 0.2) is 0 Å². The zero-order valence-corrected chi connectivity index (χ0v) is 9.75. The van der Waals surface area contributed by atoms with Crippen LogP contribution in [0, 0.1) is 0 Å². The van der Waals surface area contributed by atoms with Gasteiger partial charge < -0.3 is 32.9 Å². The second-order valence-corrected chi connectivity index (χ2v) is 3.99. The largest absolute Gasteiger partial charge is 3.00 e. The first-order valence-corrected chi connectivity index (χ1v) is 4.96. The second-order valence-electron chi connectivity index (χ2n) is 1.13. The van der Waals surface area contributed by atoms with Gasteiger partial charge in [-0.05, 0) is 0 Å². The van der Waals surface area contributed by atoms with Crippen molar-refractivity contribution < 1.29 is 32.9 Å². The molecule has 0 aromatic heterocycles. The monoisotopic (exact) mass is 220 g/mol. The fourth-order valence-corrected chi connectivity index (χ4v) is 1.42. The van der Waals surface area contributed by atoms with Crippen molar-refractivity contribution in [1.29, 1.82) is 0 Å². The van der Waals surface area contributed by atoms with Gasteiger partial charge in [0.2, 0.25) is 0 Å². The van der Waals surface area contributed by atoms with Crippen molar-refractivity contribution in [2.45, 2.75) is 0 Å². The maximum absolute atomic E-state index is 9.47. The number of hydrogen-bond donors (Lipinski definition) is 1. The number of rotatable bonds is 2. The van der Waals surface area contributed by atoms with Gasteiger partial charge in [0.1, 0.15) is 9.05 Å². The molecule has 0 aliphatic rings. The van der Waals surface area contributed by atoms with Crippen LogP contribution >= 0.6 is 0 Å². The maximum atomic E-state index is 9.47. The predicted molar refractivity (Wildman–Crippen MR) is 26.3 cm³/mol. The summed E-state index contributed by atoms with van der Waals surface area (Å²) < 4.78 is 2.68. The molecule has 0 spiro atoms. The van der Waals surface area contributed by atoms with E-state index in [0.717, 1.165) is 0 Å². The Labute approximate surface area is 91.1 Å². The fourth-order valence-electron chi connectivity index (χ4n) is 0.158. The van der Waals surface area contributed by atoms with E-state index in [2.05, 4.69) is 4.12 Å². The molecule has 0 heterocycles. The van der Waals surface area contributed by atoms with Gasteiger partial charge in [-0.3, -0.25) is 0 Å². The van der Waals surface area contributed by atoms with Crippen molar-refractivity contribution in [3.05, 3.63) is 0 Å². The standard InChI is InChI=1S/Al.Mg.HO7Si2/c;;1-8(2,3)7-9(4,5)6/h;;1H/q+3;+2;-5. The summed E-state index contributed by atoms with van der Waals surface area (Å²) in [5, 5.41) is 0. The minimum Gasteiger partial charge on any atom is -0.862 e. The van der Waals surface area contributed by atoms with Crippen LogP contribution in [0.1, 0.15) is 0 Å². The van der Waals surface area contributed by atoms with Crippen molar-refractivity contribution in [1.82, 2.24) is 0 Å². The Balaban J connectivity index is -0.000000320. The fraction of sp³-hybridized carbons (Fsp3) is 0. The molecular weight excluding hydrogens is 219 g/mol. The summed E-state index contributed by atoms with van der Waals surface area (Å²) in [7, 11) is -11.5. The topological polar surface area (TPSA) is 145 Å². The van der Waals surface area contributed by atoms with Gasteiger partial charge in [0, 0.05) is 0 Å². The molecule has 1 N–H and O–H groups in total. The maximum Gasteiger partial charge on any atom is 3.00 e.